The van der Waals surface area contributed by atoms with Crippen LogP contribution in [0.25, 0.3) is 15.8 Å². The summed E-state index contributed by atoms with van der Waals surface area (Å²) < 4.78 is 7.84. The molecule has 0 aliphatic rings. The van der Waals surface area contributed by atoms with Crippen LogP contribution in [0, 0.1) is 13.8 Å². The van der Waals surface area contributed by atoms with Crippen molar-refractivity contribution in [2.75, 3.05) is 11.9 Å². The second-order valence-corrected chi connectivity index (χ2v) is 8.09. The number of carbonyl (C=O) groups is 2. The Labute approximate surface area is 182 Å². The number of rotatable bonds is 5. The van der Waals surface area contributed by atoms with Gasteiger partial charge in [-0.05, 0) is 32.0 Å². The molecule has 0 unspecified atom stereocenters. The minimum Gasteiger partial charge on any atom is -0.451 e. The number of benzene rings is 2. The molecule has 4 rings (SSSR count). The van der Waals surface area contributed by atoms with Crippen LogP contribution in [-0.4, -0.2) is 28.3 Å². The normalized spacial score (nSPS) is 10.9. The highest BCUT2D eigenvalue weighted by atomic mass is 35.5. The molecule has 30 heavy (non-hydrogen) atoms. The molecule has 2 aromatic carbocycles. The number of thiophene rings is 1. The van der Waals surface area contributed by atoms with E-state index in [1.807, 2.05) is 68.4 Å². The molecule has 8 heteroatoms. The molecule has 0 bridgehead atoms. The summed E-state index contributed by atoms with van der Waals surface area (Å²) in [6.07, 6.45) is 0. The first-order valence-electron chi connectivity index (χ1n) is 9.21. The third kappa shape index (κ3) is 3.81. The average molecular weight is 440 g/mol. The number of anilines is 1. The molecule has 152 valence electrons. The lowest BCUT2D eigenvalue weighted by Gasteiger charge is -2.07. The van der Waals surface area contributed by atoms with Crippen molar-refractivity contribution in [1.29, 1.82) is 0 Å². The van der Waals surface area contributed by atoms with Crippen LogP contribution >= 0.6 is 22.9 Å². The Kier molecular flexibility index (Phi) is 5.57. The minimum absolute atomic E-state index is 0.287. The number of ether oxygens (including phenoxy) is 1. The number of nitrogens with one attached hydrogen (secondary N) is 1. The molecule has 0 fully saturated rings. The molecule has 0 spiro atoms. The fourth-order valence-electron chi connectivity index (χ4n) is 3.16. The number of aromatic nitrogens is 2. The molecule has 1 N–H and O–H groups in total. The molecule has 6 nitrogen and oxygen atoms in total. The van der Waals surface area contributed by atoms with Crippen LogP contribution in [0.15, 0.2) is 54.6 Å². The molecule has 2 aromatic heterocycles. The number of esters is 1. The standard InChI is InChI=1S/C22H18ClN3O3S/c1-13-20(14(2)26(25-13)15-8-4-3-5-9-15)24-18(27)12-29-22(28)21-19(23)16-10-6-7-11-17(16)30-21/h3-11H,12H2,1-2H3,(H,24,27). The number of para-hydroxylation sites is 1. The highest BCUT2D eigenvalue weighted by molar-refractivity contribution is 7.21. The maximum absolute atomic E-state index is 12.4. The summed E-state index contributed by atoms with van der Waals surface area (Å²) in [6, 6.07) is 17.1. The number of hydrogen-bond acceptors (Lipinski definition) is 5. The zero-order valence-corrected chi connectivity index (χ0v) is 17.9. The lowest BCUT2D eigenvalue weighted by molar-refractivity contribution is -0.119. The van der Waals surface area contributed by atoms with E-state index in [1.165, 1.54) is 11.3 Å². The fraction of sp³-hybridized carbons (Fsp3) is 0.136. The van der Waals surface area contributed by atoms with Crippen molar-refractivity contribution in [2.45, 2.75) is 13.8 Å². The lowest BCUT2D eigenvalue weighted by atomic mass is 10.2. The largest absolute Gasteiger partial charge is 0.451 e. The van der Waals surface area contributed by atoms with Crippen molar-refractivity contribution in [1.82, 2.24) is 9.78 Å². The van der Waals surface area contributed by atoms with E-state index in [9.17, 15) is 9.59 Å². The van der Waals surface area contributed by atoms with Gasteiger partial charge in [0, 0.05) is 10.1 Å². The van der Waals surface area contributed by atoms with E-state index in [1.54, 1.807) is 4.68 Å². The van der Waals surface area contributed by atoms with Crippen molar-refractivity contribution in [3.63, 3.8) is 0 Å². The van der Waals surface area contributed by atoms with Crippen molar-refractivity contribution >= 4 is 50.6 Å². The SMILES string of the molecule is Cc1nn(-c2ccccc2)c(C)c1NC(=O)COC(=O)c1sc2ccccc2c1Cl. The Morgan fingerprint density at radius 1 is 1.10 bits per heavy atom. The molecule has 0 aliphatic carbocycles. The Hall–Kier alpha value is -3.16. The lowest BCUT2D eigenvalue weighted by Crippen LogP contribution is -2.21. The predicted molar refractivity (Wildman–Crippen MR) is 119 cm³/mol. The first-order chi connectivity index (χ1) is 14.5. The fourth-order valence-corrected chi connectivity index (χ4v) is 4.56. The van der Waals surface area contributed by atoms with Gasteiger partial charge in [0.2, 0.25) is 0 Å². The molecule has 0 saturated carbocycles. The highest BCUT2D eigenvalue weighted by Crippen LogP contribution is 2.35. The topological polar surface area (TPSA) is 73.2 Å². The first-order valence-corrected chi connectivity index (χ1v) is 10.4. The Bertz CT molecular complexity index is 1250. The number of halogens is 1. The number of carbonyl (C=O) groups excluding carboxylic acids is 2. The van der Waals surface area contributed by atoms with Gasteiger partial charge in [-0.2, -0.15) is 5.10 Å². The smallest absolute Gasteiger partial charge is 0.350 e. The van der Waals surface area contributed by atoms with E-state index < -0.39 is 18.5 Å². The van der Waals surface area contributed by atoms with Gasteiger partial charge in [0.15, 0.2) is 6.61 Å². The van der Waals surface area contributed by atoms with Crippen molar-refractivity contribution in [3.8, 4) is 5.69 Å². The van der Waals surface area contributed by atoms with E-state index >= 15 is 0 Å². The van der Waals surface area contributed by atoms with Crippen LogP contribution in [0.5, 0.6) is 0 Å². The number of fused-ring (bicyclic) bond motifs is 1. The van der Waals surface area contributed by atoms with Crippen molar-refractivity contribution in [2.24, 2.45) is 0 Å². The van der Waals surface area contributed by atoms with Crippen LogP contribution < -0.4 is 5.32 Å². The molecular formula is C22H18ClN3O3S. The quantitative estimate of drug-likeness (QED) is 0.436. The Balaban J connectivity index is 1.44. The van der Waals surface area contributed by atoms with Crippen LogP contribution in [0.2, 0.25) is 5.02 Å². The summed E-state index contributed by atoms with van der Waals surface area (Å²) in [5, 5.41) is 8.41. The molecule has 1 amide bonds. The van der Waals surface area contributed by atoms with Gasteiger partial charge in [-0.3, -0.25) is 4.79 Å². The zero-order valence-electron chi connectivity index (χ0n) is 16.3. The summed E-state index contributed by atoms with van der Waals surface area (Å²) in [5.74, 6) is -1.07. The zero-order chi connectivity index (χ0) is 21.3. The number of hydrogen-bond donors (Lipinski definition) is 1. The number of aryl methyl sites for hydroxylation is 1. The van der Waals surface area contributed by atoms with E-state index in [0.29, 0.717) is 16.4 Å². The number of amides is 1. The van der Waals surface area contributed by atoms with Gasteiger partial charge in [-0.25, -0.2) is 9.48 Å². The molecule has 4 aromatic rings. The first kappa shape index (κ1) is 20.1. The van der Waals surface area contributed by atoms with Crippen molar-refractivity contribution in [3.05, 3.63) is 75.9 Å². The summed E-state index contributed by atoms with van der Waals surface area (Å²) in [7, 11) is 0. The van der Waals surface area contributed by atoms with Gasteiger partial charge in [-0.15, -0.1) is 11.3 Å². The molecule has 0 atom stereocenters. The summed E-state index contributed by atoms with van der Waals surface area (Å²) in [5.41, 5.74) is 2.94. The van der Waals surface area contributed by atoms with E-state index in [0.717, 1.165) is 21.5 Å². The monoisotopic (exact) mass is 439 g/mol. The van der Waals surface area contributed by atoms with Crippen LogP contribution in [0.4, 0.5) is 5.69 Å². The molecular weight excluding hydrogens is 422 g/mol. The maximum atomic E-state index is 12.4. The van der Waals surface area contributed by atoms with Crippen molar-refractivity contribution < 1.29 is 14.3 Å². The second-order valence-electron chi connectivity index (χ2n) is 6.66. The third-order valence-electron chi connectivity index (χ3n) is 4.61. The molecule has 0 radical (unpaired) electrons. The molecule has 0 saturated heterocycles. The van der Waals surface area contributed by atoms with Crippen LogP contribution in [0.1, 0.15) is 21.1 Å². The van der Waals surface area contributed by atoms with Gasteiger partial charge in [0.25, 0.3) is 5.91 Å². The van der Waals surface area contributed by atoms with Gasteiger partial charge in [0.1, 0.15) is 4.88 Å². The van der Waals surface area contributed by atoms with Crippen LogP contribution in [0.3, 0.4) is 0 Å². The summed E-state index contributed by atoms with van der Waals surface area (Å²) >= 11 is 7.54. The van der Waals surface area contributed by atoms with E-state index in [2.05, 4.69) is 10.4 Å². The number of nitrogens with zero attached hydrogens (tertiary/aromatic N) is 2. The van der Waals surface area contributed by atoms with Gasteiger partial charge in [0.05, 0.1) is 27.8 Å². The molecule has 2 heterocycles. The minimum atomic E-state index is -0.621. The Morgan fingerprint density at radius 3 is 2.53 bits per heavy atom. The average Bonchev–Trinajstić information content (AvgIpc) is 3.24. The molecule has 0 aliphatic heterocycles. The van der Waals surface area contributed by atoms with Crippen LogP contribution in [-0.2, 0) is 9.53 Å². The third-order valence-corrected chi connectivity index (χ3v) is 6.27. The maximum Gasteiger partial charge on any atom is 0.350 e. The summed E-state index contributed by atoms with van der Waals surface area (Å²) in [6.45, 7) is 3.26. The van der Waals surface area contributed by atoms with Gasteiger partial charge in [-0.1, -0.05) is 48.0 Å². The van der Waals surface area contributed by atoms with E-state index in [-0.39, 0.29) is 4.88 Å². The predicted octanol–water partition coefficient (Wildman–Crippen LogP) is 5.15. The van der Waals surface area contributed by atoms with Gasteiger partial charge >= 0.3 is 5.97 Å². The van der Waals surface area contributed by atoms with Gasteiger partial charge < -0.3 is 10.1 Å². The second kappa shape index (κ2) is 8.30. The highest BCUT2D eigenvalue weighted by Gasteiger charge is 2.20. The Morgan fingerprint density at radius 2 is 1.80 bits per heavy atom. The summed E-state index contributed by atoms with van der Waals surface area (Å²) in [4.78, 5) is 25.1. The van der Waals surface area contributed by atoms with E-state index in [4.69, 9.17) is 16.3 Å².